The first kappa shape index (κ1) is 35.9. The molecule has 0 saturated heterocycles. The SMILES string of the molecule is CCCCCCCCCC[n+]1cccc(COCc2ccc(COCc3ccc[n+](CCCCCCCCCC)c3)cc2)c1. The molecule has 44 heavy (non-hydrogen) atoms. The van der Waals surface area contributed by atoms with Crippen molar-refractivity contribution in [2.45, 2.75) is 156 Å². The molecule has 0 aliphatic heterocycles. The number of ether oxygens (including phenoxy) is 2. The van der Waals surface area contributed by atoms with Crippen molar-refractivity contribution in [2.24, 2.45) is 0 Å². The Morgan fingerprint density at radius 3 is 1.14 bits per heavy atom. The summed E-state index contributed by atoms with van der Waals surface area (Å²) < 4.78 is 16.7. The van der Waals surface area contributed by atoms with Gasteiger partial charge < -0.3 is 9.47 Å². The van der Waals surface area contributed by atoms with Gasteiger partial charge in [0.15, 0.2) is 24.8 Å². The normalized spacial score (nSPS) is 11.3. The maximum atomic E-state index is 6.05. The van der Waals surface area contributed by atoms with Crippen LogP contribution in [0.5, 0.6) is 0 Å². The van der Waals surface area contributed by atoms with Gasteiger partial charge in [0.05, 0.1) is 26.4 Å². The minimum atomic E-state index is 0.622. The smallest absolute Gasteiger partial charge is 0.174 e. The minimum Gasteiger partial charge on any atom is -0.372 e. The average molecular weight is 603 g/mol. The second-order valence-electron chi connectivity index (χ2n) is 12.7. The lowest BCUT2D eigenvalue weighted by atomic mass is 10.1. The molecule has 0 amide bonds. The Labute approximate surface area is 269 Å². The van der Waals surface area contributed by atoms with E-state index in [-0.39, 0.29) is 0 Å². The Kier molecular flexibility index (Phi) is 19.4. The topological polar surface area (TPSA) is 26.2 Å². The van der Waals surface area contributed by atoms with E-state index in [1.807, 2.05) is 0 Å². The molecule has 0 bridgehead atoms. The molecule has 4 heteroatoms. The van der Waals surface area contributed by atoms with Crippen molar-refractivity contribution in [2.75, 3.05) is 0 Å². The highest BCUT2D eigenvalue weighted by molar-refractivity contribution is 5.21. The van der Waals surface area contributed by atoms with Gasteiger partial charge in [-0.25, -0.2) is 9.13 Å². The van der Waals surface area contributed by atoms with Gasteiger partial charge in [-0.3, -0.25) is 0 Å². The van der Waals surface area contributed by atoms with Crippen LogP contribution >= 0.6 is 0 Å². The van der Waals surface area contributed by atoms with E-state index in [2.05, 4.69) is 96.3 Å². The lowest BCUT2D eigenvalue weighted by Crippen LogP contribution is -2.33. The number of hydrogen-bond acceptors (Lipinski definition) is 2. The molecule has 0 fully saturated rings. The van der Waals surface area contributed by atoms with Crippen molar-refractivity contribution in [1.82, 2.24) is 0 Å². The van der Waals surface area contributed by atoms with E-state index >= 15 is 0 Å². The van der Waals surface area contributed by atoms with E-state index in [1.54, 1.807) is 0 Å². The molecular weight excluding hydrogens is 540 g/mol. The molecule has 0 atom stereocenters. The van der Waals surface area contributed by atoms with Gasteiger partial charge in [0.2, 0.25) is 0 Å². The Balaban J connectivity index is 1.26. The van der Waals surface area contributed by atoms with Gasteiger partial charge in [-0.15, -0.1) is 0 Å². The van der Waals surface area contributed by atoms with Gasteiger partial charge in [-0.1, -0.05) is 115 Å². The van der Waals surface area contributed by atoms with Crippen LogP contribution in [0.15, 0.2) is 73.3 Å². The second kappa shape index (κ2) is 23.8. The summed E-state index contributed by atoms with van der Waals surface area (Å²) in [5.41, 5.74) is 4.86. The van der Waals surface area contributed by atoms with Gasteiger partial charge in [0.25, 0.3) is 0 Å². The molecule has 3 aromatic rings. The van der Waals surface area contributed by atoms with E-state index in [4.69, 9.17) is 9.47 Å². The Morgan fingerprint density at radius 1 is 0.409 bits per heavy atom. The first-order valence-corrected chi connectivity index (χ1v) is 18.0. The molecule has 4 nitrogen and oxygen atoms in total. The summed E-state index contributed by atoms with van der Waals surface area (Å²) in [4.78, 5) is 0. The maximum Gasteiger partial charge on any atom is 0.174 e. The van der Waals surface area contributed by atoms with Gasteiger partial charge in [0, 0.05) is 36.1 Å². The van der Waals surface area contributed by atoms with Gasteiger partial charge in [-0.05, 0) is 36.1 Å². The lowest BCUT2D eigenvalue weighted by Gasteiger charge is -2.07. The van der Waals surface area contributed by atoms with Crippen molar-refractivity contribution in [3.05, 3.63) is 95.6 Å². The number of rotatable bonds is 26. The molecule has 0 radical (unpaired) electrons. The standard InChI is InChI=1S/C40H62N2O2/c1-3-5-7-9-11-13-15-17-27-41-29-19-21-39(31-41)35-43-33-37-23-25-38(26-24-37)34-44-36-40-22-20-30-42(32-40)28-18-16-14-12-10-8-6-4-2/h19-26,29-32H,3-18,27-28,33-36H2,1-2H3/q+2. The minimum absolute atomic E-state index is 0.622. The highest BCUT2D eigenvalue weighted by atomic mass is 16.5. The number of benzene rings is 1. The fourth-order valence-corrected chi connectivity index (χ4v) is 5.76. The van der Waals surface area contributed by atoms with Crippen LogP contribution in [0.2, 0.25) is 0 Å². The first-order valence-electron chi connectivity index (χ1n) is 18.0. The van der Waals surface area contributed by atoms with Crippen molar-refractivity contribution >= 4 is 0 Å². The molecule has 2 heterocycles. The Bertz CT molecular complexity index is 1030. The van der Waals surface area contributed by atoms with Gasteiger partial charge in [-0.2, -0.15) is 0 Å². The summed E-state index contributed by atoms with van der Waals surface area (Å²) >= 11 is 0. The van der Waals surface area contributed by atoms with Gasteiger partial charge in [0.1, 0.15) is 13.1 Å². The Morgan fingerprint density at radius 2 is 0.750 bits per heavy atom. The zero-order valence-electron chi connectivity index (χ0n) is 28.2. The summed E-state index contributed by atoms with van der Waals surface area (Å²) in [6.07, 6.45) is 30.6. The molecule has 0 spiro atoms. The van der Waals surface area contributed by atoms with Gasteiger partial charge >= 0.3 is 0 Å². The van der Waals surface area contributed by atoms with E-state index in [9.17, 15) is 0 Å². The summed E-state index contributed by atoms with van der Waals surface area (Å²) in [5.74, 6) is 0. The van der Waals surface area contributed by atoms with E-state index < -0.39 is 0 Å². The molecule has 0 aliphatic rings. The summed E-state index contributed by atoms with van der Waals surface area (Å²) in [6, 6.07) is 17.2. The third-order valence-corrected chi connectivity index (χ3v) is 8.48. The fraction of sp³-hybridized carbons (Fsp3) is 0.600. The van der Waals surface area contributed by atoms with E-state index in [0.29, 0.717) is 26.4 Å². The molecule has 0 saturated carbocycles. The molecular formula is C40H62N2O2+2. The third-order valence-electron chi connectivity index (χ3n) is 8.48. The molecule has 1 aromatic carbocycles. The van der Waals surface area contributed by atoms with E-state index in [0.717, 1.165) is 13.1 Å². The highest BCUT2D eigenvalue weighted by Crippen LogP contribution is 2.12. The number of unbranched alkanes of at least 4 members (excludes halogenated alkanes) is 14. The van der Waals surface area contributed by atoms with Crippen LogP contribution in [0.3, 0.4) is 0 Å². The monoisotopic (exact) mass is 602 g/mol. The van der Waals surface area contributed by atoms with Crippen molar-refractivity contribution in [3.63, 3.8) is 0 Å². The molecule has 242 valence electrons. The number of pyridine rings is 2. The van der Waals surface area contributed by atoms with Crippen molar-refractivity contribution in [3.8, 4) is 0 Å². The maximum absolute atomic E-state index is 6.05. The second-order valence-corrected chi connectivity index (χ2v) is 12.7. The number of hydrogen-bond donors (Lipinski definition) is 0. The lowest BCUT2D eigenvalue weighted by molar-refractivity contribution is -0.698. The Hall–Kier alpha value is -2.56. The van der Waals surface area contributed by atoms with E-state index in [1.165, 1.54) is 125 Å². The van der Waals surface area contributed by atoms with Crippen LogP contribution in [0.4, 0.5) is 0 Å². The van der Waals surface area contributed by atoms with Crippen LogP contribution in [0, 0.1) is 0 Å². The quantitative estimate of drug-likeness (QED) is 0.0675. The molecule has 2 aromatic heterocycles. The first-order chi connectivity index (χ1) is 21.8. The van der Waals surface area contributed by atoms with Crippen LogP contribution < -0.4 is 9.13 Å². The zero-order chi connectivity index (χ0) is 30.9. The zero-order valence-corrected chi connectivity index (χ0v) is 28.2. The largest absolute Gasteiger partial charge is 0.372 e. The number of aryl methyl sites for hydroxylation is 2. The predicted octanol–water partition coefficient (Wildman–Crippen LogP) is 9.98. The summed E-state index contributed by atoms with van der Waals surface area (Å²) in [6.45, 7) is 9.27. The molecule has 0 unspecified atom stereocenters. The van der Waals surface area contributed by atoms with Crippen LogP contribution in [-0.2, 0) is 49.0 Å². The highest BCUT2D eigenvalue weighted by Gasteiger charge is 2.06. The van der Waals surface area contributed by atoms with Crippen molar-refractivity contribution in [1.29, 1.82) is 0 Å². The average Bonchev–Trinajstić information content (AvgIpc) is 3.05. The van der Waals surface area contributed by atoms with Crippen LogP contribution in [-0.4, -0.2) is 0 Å². The summed E-state index contributed by atoms with van der Waals surface area (Å²) in [5, 5.41) is 0. The molecule has 0 N–H and O–H groups in total. The molecule has 0 aliphatic carbocycles. The molecule has 3 rings (SSSR count). The van der Waals surface area contributed by atoms with Crippen LogP contribution in [0.1, 0.15) is 139 Å². The number of aromatic nitrogens is 2. The third kappa shape index (κ3) is 16.5. The summed E-state index contributed by atoms with van der Waals surface area (Å²) in [7, 11) is 0. The fourth-order valence-electron chi connectivity index (χ4n) is 5.76. The van der Waals surface area contributed by atoms with Crippen molar-refractivity contribution < 1.29 is 18.6 Å². The number of nitrogens with zero attached hydrogens (tertiary/aromatic N) is 2. The predicted molar refractivity (Wildman–Crippen MR) is 182 cm³/mol. The van der Waals surface area contributed by atoms with Crippen LogP contribution in [0.25, 0.3) is 0 Å².